The summed E-state index contributed by atoms with van der Waals surface area (Å²) in [4.78, 5) is 37.8. The smallest absolute Gasteiger partial charge is 0.338 e. The lowest BCUT2D eigenvalue weighted by Gasteiger charge is -2.26. The number of hydrogen-bond acceptors (Lipinski definition) is 4. The highest BCUT2D eigenvalue weighted by Gasteiger charge is 2.19. The van der Waals surface area contributed by atoms with Crippen LogP contribution in [-0.4, -0.2) is 30.9 Å². The van der Waals surface area contributed by atoms with Crippen molar-refractivity contribution in [3.8, 4) is 0 Å². The standard InChI is InChI=1S/C21H22N2O4/c1-2-27-21(26)16-6-10-17(11-7-16)22-20(25)15-8-12-18(13-9-15)23-14-4-3-5-19(23)24/h6-13H,2-5,14H2,1H3,(H,22,25). The Morgan fingerprint density at radius 2 is 1.67 bits per heavy atom. The number of benzene rings is 2. The zero-order valence-corrected chi connectivity index (χ0v) is 15.2. The first kappa shape index (κ1) is 18.6. The van der Waals surface area contributed by atoms with Crippen molar-refractivity contribution in [3.05, 3.63) is 59.7 Å². The Hall–Kier alpha value is -3.15. The summed E-state index contributed by atoms with van der Waals surface area (Å²) in [6, 6.07) is 13.5. The van der Waals surface area contributed by atoms with E-state index in [2.05, 4.69) is 5.32 Å². The third-order valence-corrected chi connectivity index (χ3v) is 4.42. The van der Waals surface area contributed by atoms with Crippen LogP contribution in [0.3, 0.4) is 0 Å². The fourth-order valence-electron chi connectivity index (χ4n) is 2.98. The molecule has 6 heteroatoms. The maximum atomic E-state index is 12.4. The minimum Gasteiger partial charge on any atom is -0.462 e. The van der Waals surface area contributed by atoms with Crippen LogP contribution in [0.1, 0.15) is 46.9 Å². The highest BCUT2D eigenvalue weighted by atomic mass is 16.5. The molecular weight excluding hydrogens is 344 g/mol. The molecule has 1 heterocycles. The lowest BCUT2D eigenvalue weighted by atomic mass is 10.1. The molecule has 0 aromatic heterocycles. The lowest BCUT2D eigenvalue weighted by molar-refractivity contribution is -0.119. The van der Waals surface area contributed by atoms with Crippen molar-refractivity contribution >= 4 is 29.2 Å². The van der Waals surface area contributed by atoms with Gasteiger partial charge in [-0.3, -0.25) is 9.59 Å². The van der Waals surface area contributed by atoms with Gasteiger partial charge in [-0.2, -0.15) is 0 Å². The summed E-state index contributed by atoms with van der Waals surface area (Å²) < 4.78 is 4.93. The molecule has 0 unspecified atom stereocenters. The van der Waals surface area contributed by atoms with Crippen LogP contribution in [0.5, 0.6) is 0 Å². The number of nitrogens with zero attached hydrogens (tertiary/aromatic N) is 1. The Kier molecular flexibility index (Phi) is 5.86. The third kappa shape index (κ3) is 4.53. The van der Waals surface area contributed by atoms with Gasteiger partial charge in [0.05, 0.1) is 12.2 Å². The van der Waals surface area contributed by atoms with Gasteiger partial charge >= 0.3 is 5.97 Å². The summed E-state index contributed by atoms with van der Waals surface area (Å²) in [5.74, 6) is -0.520. The summed E-state index contributed by atoms with van der Waals surface area (Å²) in [6.45, 7) is 2.78. The summed E-state index contributed by atoms with van der Waals surface area (Å²) in [5, 5.41) is 2.79. The monoisotopic (exact) mass is 366 g/mol. The Balaban J connectivity index is 1.64. The zero-order chi connectivity index (χ0) is 19.2. The van der Waals surface area contributed by atoms with Crippen molar-refractivity contribution in [2.24, 2.45) is 0 Å². The van der Waals surface area contributed by atoms with Gasteiger partial charge in [0.2, 0.25) is 5.91 Å². The van der Waals surface area contributed by atoms with Crippen LogP contribution in [-0.2, 0) is 9.53 Å². The van der Waals surface area contributed by atoms with E-state index in [-0.39, 0.29) is 11.8 Å². The summed E-state index contributed by atoms with van der Waals surface area (Å²) in [7, 11) is 0. The van der Waals surface area contributed by atoms with E-state index in [9.17, 15) is 14.4 Å². The van der Waals surface area contributed by atoms with Crippen molar-refractivity contribution in [3.63, 3.8) is 0 Å². The molecule has 0 radical (unpaired) electrons. The molecule has 0 aliphatic carbocycles. The number of hydrogen-bond donors (Lipinski definition) is 1. The number of rotatable bonds is 5. The van der Waals surface area contributed by atoms with Crippen LogP contribution in [0.2, 0.25) is 0 Å². The van der Waals surface area contributed by atoms with Gasteiger partial charge < -0.3 is 15.0 Å². The molecule has 2 amide bonds. The van der Waals surface area contributed by atoms with E-state index in [0.717, 1.165) is 25.1 Å². The van der Waals surface area contributed by atoms with Crippen LogP contribution in [0.4, 0.5) is 11.4 Å². The molecule has 1 aliphatic rings. The molecule has 1 saturated heterocycles. The normalized spacial score (nSPS) is 14.0. The van der Waals surface area contributed by atoms with Crippen molar-refractivity contribution in [2.75, 3.05) is 23.4 Å². The van der Waals surface area contributed by atoms with Gasteiger partial charge in [-0.05, 0) is 68.3 Å². The third-order valence-electron chi connectivity index (χ3n) is 4.42. The van der Waals surface area contributed by atoms with Crippen molar-refractivity contribution in [1.82, 2.24) is 0 Å². The van der Waals surface area contributed by atoms with E-state index in [0.29, 0.717) is 29.8 Å². The van der Waals surface area contributed by atoms with Crippen molar-refractivity contribution in [2.45, 2.75) is 26.2 Å². The largest absolute Gasteiger partial charge is 0.462 e. The highest BCUT2D eigenvalue weighted by molar-refractivity contribution is 6.05. The Bertz CT molecular complexity index is 828. The highest BCUT2D eigenvalue weighted by Crippen LogP contribution is 2.21. The molecule has 6 nitrogen and oxygen atoms in total. The number of ether oxygens (including phenoxy) is 1. The van der Waals surface area contributed by atoms with E-state index in [1.807, 2.05) is 0 Å². The van der Waals surface area contributed by atoms with Crippen molar-refractivity contribution in [1.29, 1.82) is 0 Å². The zero-order valence-electron chi connectivity index (χ0n) is 15.2. The topological polar surface area (TPSA) is 75.7 Å². The lowest BCUT2D eigenvalue weighted by Crippen LogP contribution is -2.35. The average molecular weight is 366 g/mol. The molecule has 1 fully saturated rings. The Morgan fingerprint density at radius 3 is 2.30 bits per heavy atom. The maximum absolute atomic E-state index is 12.4. The molecule has 27 heavy (non-hydrogen) atoms. The van der Waals surface area contributed by atoms with Gasteiger partial charge in [-0.1, -0.05) is 0 Å². The number of carbonyl (C=O) groups is 3. The Labute approximate surface area is 158 Å². The molecule has 0 spiro atoms. The molecule has 0 atom stereocenters. The minimum atomic E-state index is -0.391. The fraction of sp³-hybridized carbons (Fsp3) is 0.286. The van der Waals surface area contributed by atoms with Crippen molar-refractivity contribution < 1.29 is 19.1 Å². The second-order valence-electron chi connectivity index (χ2n) is 6.30. The van der Waals surface area contributed by atoms with E-state index < -0.39 is 5.97 Å². The van der Waals surface area contributed by atoms with Gasteiger partial charge in [0.1, 0.15) is 0 Å². The molecule has 1 N–H and O–H groups in total. The second kappa shape index (κ2) is 8.49. The van der Waals surface area contributed by atoms with E-state index in [1.54, 1.807) is 60.4 Å². The summed E-state index contributed by atoms with van der Waals surface area (Å²) in [6.07, 6.45) is 2.50. The molecular formula is C21H22N2O4. The van der Waals surface area contributed by atoms with E-state index in [1.165, 1.54) is 0 Å². The van der Waals surface area contributed by atoms with Crippen LogP contribution in [0.25, 0.3) is 0 Å². The Morgan fingerprint density at radius 1 is 1.00 bits per heavy atom. The van der Waals surface area contributed by atoms with Crippen LogP contribution >= 0.6 is 0 Å². The van der Waals surface area contributed by atoms with Gasteiger partial charge in [0.15, 0.2) is 0 Å². The van der Waals surface area contributed by atoms with Gasteiger partial charge in [-0.25, -0.2) is 4.79 Å². The molecule has 2 aromatic carbocycles. The SMILES string of the molecule is CCOC(=O)c1ccc(NC(=O)c2ccc(N3CCCCC3=O)cc2)cc1. The van der Waals surface area contributed by atoms with E-state index >= 15 is 0 Å². The molecule has 0 saturated carbocycles. The summed E-state index contributed by atoms with van der Waals surface area (Å²) >= 11 is 0. The molecule has 2 aromatic rings. The maximum Gasteiger partial charge on any atom is 0.338 e. The molecule has 3 rings (SSSR count). The van der Waals surface area contributed by atoms with Gasteiger partial charge in [0, 0.05) is 29.9 Å². The van der Waals surface area contributed by atoms with Crippen LogP contribution in [0.15, 0.2) is 48.5 Å². The van der Waals surface area contributed by atoms with Crippen LogP contribution < -0.4 is 10.2 Å². The fourth-order valence-corrected chi connectivity index (χ4v) is 2.98. The first-order valence-electron chi connectivity index (χ1n) is 9.07. The first-order valence-corrected chi connectivity index (χ1v) is 9.07. The summed E-state index contributed by atoms with van der Waals surface area (Å²) in [5.41, 5.74) is 2.33. The predicted octanol–water partition coefficient (Wildman–Crippen LogP) is 3.63. The predicted molar refractivity (Wildman–Crippen MR) is 103 cm³/mol. The number of nitrogens with one attached hydrogen (secondary N) is 1. The van der Waals surface area contributed by atoms with Crippen LogP contribution in [0, 0.1) is 0 Å². The molecule has 1 aliphatic heterocycles. The van der Waals surface area contributed by atoms with E-state index in [4.69, 9.17) is 4.74 Å². The molecule has 0 bridgehead atoms. The number of carbonyl (C=O) groups excluding carboxylic acids is 3. The first-order chi connectivity index (χ1) is 13.1. The number of anilines is 2. The number of piperidine rings is 1. The van der Waals surface area contributed by atoms with Gasteiger partial charge in [0.25, 0.3) is 5.91 Å². The number of amides is 2. The second-order valence-corrected chi connectivity index (χ2v) is 6.30. The average Bonchev–Trinajstić information content (AvgIpc) is 2.69. The quantitative estimate of drug-likeness (QED) is 0.820. The minimum absolute atomic E-state index is 0.125. The molecule has 140 valence electrons. The number of esters is 1. The van der Waals surface area contributed by atoms with Gasteiger partial charge in [-0.15, -0.1) is 0 Å².